The summed E-state index contributed by atoms with van der Waals surface area (Å²) in [6.45, 7) is 0. The molecule has 5 heterocycles. The Kier molecular flexibility index (Phi) is 5.60. The van der Waals surface area contributed by atoms with E-state index in [1.165, 1.54) is 15.2 Å². The Balaban J connectivity index is 1.18. The fourth-order valence-corrected chi connectivity index (χ4v) is 10.4. The zero-order valence-corrected chi connectivity index (χ0v) is 36.5. The molecule has 10 aromatic carbocycles. The molecule has 0 N–H and O–H groups in total. The molecule has 0 fully saturated rings. The summed E-state index contributed by atoms with van der Waals surface area (Å²) in [5, 5.41) is 2.80. The van der Waals surface area contributed by atoms with Gasteiger partial charge in [-0.3, -0.25) is 9.13 Å². The Morgan fingerprint density at radius 3 is 1.27 bits per heavy atom. The lowest BCUT2D eigenvalue weighted by atomic mass is 9.96. The highest BCUT2D eigenvalue weighted by molar-refractivity contribution is 6.13. The third-order valence-corrected chi connectivity index (χ3v) is 13.3. The van der Waals surface area contributed by atoms with Crippen LogP contribution in [0.2, 0.25) is 0 Å². The quantitative estimate of drug-likeness (QED) is 0.167. The van der Waals surface area contributed by atoms with Crippen LogP contribution in [-0.2, 0) is 0 Å². The van der Waals surface area contributed by atoms with E-state index in [2.05, 4.69) is 27.3 Å². The number of nitrogens with zero attached hydrogens (tertiary/aromatic N) is 6. The van der Waals surface area contributed by atoms with Gasteiger partial charge < -0.3 is 9.13 Å². The van der Waals surface area contributed by atoms with Crippen LogP contribution in [0.4, 0.5) is 0 Å². The molecule has 0 saturated carbocycles. The molecular formula is C64H40N6. The Bertz CT molecular complexity index is 5180. The van der Waals surface area contributed by atoms with E-state index in [9.17, 15) is 11.0 Å². The van der Waals surface area contributed by atoms with Crippen LogP contribution >= 0.6 is 0 Å². The van der Waals surface area contributed by atoms with Gasteiger partial charge >= 0.3 is 0 Å². The SMILES string of the molecule is [2H]c1c([2H])c([2H])c2c(c1[2H])c1c([2H])c([2H])c([2H])c([2H])c1n2-c1cc(-n2c3c([2H])c([2H])c([2H])c([2H])c3c3c([2H])c([2H])c([2H])c([2H])c32)nc(-c2c(-c3ccc4c5ccccc5n(-c5ccccc5)c4c3)cccc2-n2c3ccccc3c3ccccc32)n1. The van der Waals surface area contributed by atoms with Crippen LogP contribution in [-0.4, -0.2) is 28.2 Å². The zero-order chi connectivity index (χ0) is 59.8. The highest BCUT2D eigenvalue weighted by Crippen LogP contribution is 2.44. The molecule has 0 aliphatic heterocycles. The highest BCUT2D eigenvalue weighted by Gasteiger charge is 2.25. The molecule has 0 amide bonds. The molecule has 6 heteroatoms. The van der Waals surface area contributed by atoms with Crippen molar-refractivity contribution in [2.24, 2.45) is 0 Å². The lowest BCUT2D eigenvalue weighted by Gasteiger charge is -2.20. The van der Waals surface area contributed by atoms with E-state index in [1.807, 2.05) is 121 Å². The summed E-state index contributed by atoms with van der Waals surface area (Å²) in [6.07, 6.45) is 0. The minimum atomic E-state index is -0.687. The topological polar surface area (TPSA) is 45.5 Å². The first-order valence-corrected chi connectivity index (χ1v) is 22.5. The third kappa shape index (κ3) is 5.56. The summed E-state index contributed by atoms with van der Waals surface area (Å²) in [4.78, 5) is 10.8. The molecule has 5 aromatic heterocycles. The van der Waals surface area contributed by atoms with Crippen molar-refractivity contribution in [1.29, 1.82) is 0 Å². The summed E-state index contributed by atoms with van der Waals surface area (Å²) < 4.78 is 154. The molecule has 0 aliphatic rings. The van der Waals surface area contributed by atoms with Gasteiger partial charge in [0.2, 0.25) is 0 Å². The molecule has 15 rings (SSSR count). The Morgan fingerprint density at radius 1 is 0.314 bits per heavy atom. The highest BCUT2D eigenvalue weighted by atomic mass is 15.2. The average Bonchev–Trinajstić information content (AvgIpc) is 1.57. The standard InChI is InChI=1S/C64H40N6/c1-2-19-42(20-3-1)67-52-29-11-4-27-50(52)51-38-37-41(39-60(51)67)43-28-18-36-59(68-53-30-12-5-21-44(53)45-22-6-13-31-54(45)68)63(43)64-65-61(69-55-32-14-7-23-46(55)47-24-8-15-33-56(47)69)40-62(66-64)70-57-34-16-9-25-48(57)49-26-10-17-35-58(49)70/h1-40H/i7D,8D,9D,10D,14D,15D,16D,17D,23D,24D,25D,26D,32D,33D,34D,35D. The van der Waals surface area contributed by atoms with Crippen LogP contribution in [0.25, 0.3) is 133 Å². The number of para-hydroxylation sites is 8. The molecule has 0 unspecified atom stereocenters. The predicted molar refractivity (Wildman–Crippen MR) is 290 cm³/mol. The van der Waals surface area contributed by atoms with E-state index in [-0.39, 0.29) is 61.1 Å². The zero-order valence-electron chi connectivity index (χ0n) is 52.5. The Morgan fingerprint density at radius 2 is 0.757 bits per heavy atom. The van der Waals surface area contributed by atoms with E-state index in [1.54, 1.807) is 0 Å². The van der Waals surface area contributed by atoms with Crippen molar-refractivity contribution in [3.63, 3.8) is 0 Å². The minimum absolute atomic E-state index is 0.123. The van der Waals surface area contributed by atoms with Crippen LogP contribution in [0.1, 0.15) is 21.9 Å². The first-order chi connectivity index (χ1) is 41.4. The predicted octanol–water partition coefficient (Wildman–Crippen LogP) is 16.2. The lowest BCUT2D eigenvalue weighted by molar-refractivity contribution is 0.991. The van der Waals surface area contributed by atoms with E-state index < -0.39 is 96.7 Å². The summed E-state index contributed by atoms with van der Waals surface area (Å²) in [5.74, 6) is -0.624. The van der Waals surface area contributed by atoms with Gasteiger partial charge in [0.1, 0.15) is 11.6 Å². The van der Waals surface area contributed by atoms with Gasteiger partial charge in [-0.25, -0.2) is 9.97 Å². The normalized spacial score (nSPS) is 15.2. The van der Waals surface area contributed by atoms with Gasteiger partial charge in [-0.15, -0.1) is 0 Å². The molecule has 70 heavy (non-hydrogen) atoms. The van der Waals surface area contributed by atoms with Crippen molar-refractivity contribution in [3.05, 3.63) is 242 Å². The van der Waals surface area contributed by atoms with Gasteiger partial charge in [0.25, 0.3) is 0 Å². The lowest BCUT2D eigenvalue weighted by Crippen LogP contribution is -2.08. The van der Waals surface area contributed by atoms with Crippen molar-refractivity contribution in [1.82, 2.24) is 28.2 Å². The maximum absolute atomic E-state index is 9.58. The molecule has 0 spiro atoms. The summed E-state index contributed by atoms with van der Waals surface area (Å²) >= 11 is 0. The Labute approximate surface area is 424 Å². The van der Waals surface area contributed by atoms with Gasteiger partial charge in [0.05, 0.1) is 77.3 Å². The van der Waals surface area contributed by atoms with Crippen LogP contribution in [0.15, 0.2) is 242 Å². The number of benzene rings is 10. The fraction of sp³-hybridized carbons (Fsp3) is 0. The van der Waals surface area contributed by atoms with Crippen molar-refractivity contribution in [2.75, 3.05) is 0 Å². The number of aromatic nitrogens is 6. The van der Waals surface area contributed by atoms with Gasteiger partial charge in [0, 0.05) is 54.8 Å². The number of hydrogen-bond donors (Lipinski definition) is 0. The van der Waals surface area contributed by atoms with Crippen molar-refractivity contribution >= 4 is 87.2 Å². The minimum Gasteiger partial charge on any atom is -0.309 e. The van der Waals surface area contributed by atoms with E-state index in [0.29, 0.717) is 22.4 Å². The van der Waals surface area contributed by atoms with Crippen molar-refractivity contribution < 1.29 is 21.9 Å². The largest absolute Gasteiger partial charge is 0.309 e. The van der Waals surface area contributed by atoms with Crippen molar-refractivity contribution in [2.45, 2.75) is 0 Å². The first-order valence-electron chi connectivity index (χ1n) is 30.5. The first kappa shape index (κ1) is 26.1. The smallest absolute Gasteiger partial charge is 0.166 e. The molecule has 0 bridgehead atoms. The molecular weight excluding hydrogens is 853 g/mol. The second-order valence-corrected chi connectivity index (χ2v) is 17.0. The number of rotatable bonds is 6. The van der Waals surface area contributed by atoms with E-state index in [4.69, 9.17) is 20.9 Å². The summed E-state index contributed by atoms with van der Waals surface area (Å²) in [6, 6.07) is 36.6. The van der Waals surface area contributed by atoms with Crippen LogP contribution in [0, 0.1) is 0 Å². The third-order valence-electron chi connectivity index (χ3n) is 13.3. The second kappa shape index (κ2) is 15.0. The summed E-state index contributed by atoms with van der Waals surface area (Å²) in [7, 11) is 0. The molecule has 0 radical (unpaired) electrons. The summed E-state index contributed by atoms with van der Waals surface area (Å²) in [5.41, 5.74) is 5.23. The molecule has 0 atom stereocenters. The monoisotopic (exact) mass is 908 g/mol. The van der Waals surface area contributed by atoms with Crippen LogP contribution in [0.3, 0.4) is 0 Å². The van der Waals surface area contributed by atoms with Gasteiger partial charge in [-0.1, -0.05) is 170 Å². The van der Waals surface area contributed by atoms with Crippen LogP contribution < -0.4 is 0 Å². The maximum Gasteiger partial charge on any atom is 0.166 e. The second-order valence-electron chi connectivity index (χ2n) is 17.0. The number of hydrogen-bond acceptors (Lipinski definition) is 2. The molecule has 326 valence electrons. The average molecular weight is 909 g/mol. The van der Waals surface area contributed by atoms with Crippen LogP contribution in [0.5, 0.6) is 0 Å². The van der Waals surface area contributed by atoms with E-state index >= 15 is 0 Å². The van der Waals surface area contributed by atoms with Gasteiger partial charge in [-0.2, -0.15) is 0 Å². The van der Waals surface area contributed by atoms with Gasteiger partial charge in [-0.05, 0) is 77.8 Å². The fourth-order valence-electron chi connectivity index (χ4n) is 10.4. The molecule has 15 aromatic rings. The van der Waals surface area contributed by atoms with Crippen molar-refractivity contribution in [3.8, 4) is 45.5 Å². The van der Waals surface area contributed by atoms with Gasteiger partial charge in [0.15, 0.2) is 5.82 Å². The number of fused-ring (bicyclic) bond motifs is 12. The molecule has 0 aliphatic carbocycles. The van der Waals surface area contributed by atoms with E-state index in [0.717, 1.165) is 49.3 Å². The Hall–Kier alpha value is -9.52. The molecule has 0 saturated heterocycles. The molecule has 6 nitrogen and oxygen atoms in total. The maximum atomic E-state index is 9.58.